The molecule has 1 aromatic carbocycles. The fraction of sp³-hybridized carbons (Fsp3) is 0.368. The second-order valence-electron chi connectivity index (χ2n) is 6.46. The van der Waals surface area contributed by atoms with Crippen LogP contribution in [0.25, 0.3) is 11.4 Å². The molecule has 1 aromatic heterocycles. The lowest BCUT2D eigenvalue weighted by Gasteiger charge is -2.15. The normalized spacial score (nSPS) is 20.3. The van der Waals surface area contributed by atoms with Gasteiger partial charge in [-0.1, -0.05) is 17.3 Å². The van der Waals surface area contributed by atoms with Crippen LogP contribution in [0.15, 0.2) is 52.2 Å². The standard InChI is InChI=1S/C19H22N4O2/c1-24-14-8-6-12(7-9-14)18-22-19(25-23-18)16(20)10-13-11-21-17-5-3-2-4-15(13)17/h4-9,13,16,21H,2-3,10-11,20H2,1H3/t13?,16-/m0/s1. The van der Waals surface area contributed by atoms with E-state index < -0.39 is 0 Å². The zero-order valence-corrected chi connectivity index (χ0v) is 14.2. The molecule has 0 saturated carbocycles. The highest BCUT2D eigenvalue weighted by Gasteiger charge is 2.29. The van der Waals surface area contributed by atoms with Gasteiger partial charge >= 0.3 is 0 Å². The summed E-state index contributed by atoms with van der Waals surface area (Å²) >= 11 is 0. The van der Waals surface area contributed by atoms with E-state index in [-0.39, 0.29) is 6.04 Å². The number of nitrogens with two attached hydrogens (primary N) is 1. The topological polar surface area (TPSA) is 86.2 Å². The number of fused-ring (bicyclic) bond motifs is 1. The van der Waals surface area contributed by atoms with Crippen LogP contribution in [0.4, 0.5) is 0 Å². The van der Waals surface area contributed by atoms with Gasteiger partial charge in [-0.3, -0.25) is 0 Å². The van der Waals surface area contributed by atoms with E-state index in [2.05, 4.69) is 27.6 Å². The number of allylic oxidation sites excluding steroid dienone is 3. The molecule has 6 heteroatoms. The van der Waals surface area contributed by atoms with Crippen LogP contribution < -0.4 is 15.8 Å². The van der Waals surface area contributed by atoms with Gasteiger partial charge in [0.2, 0.25) is 11.7 Å². The predicted octanol–water partition coefficient (Wildman–Crippen LogP) is 2.96. The molecule has 3 N–H and O–H groups in total. The van der Waals surface area contributed by atoms with E-state index >= 15 is 0 Å². The van der Waals surface area contributed by atoms with E-state index in [1.807, 2.05) is 24.3 Å². The molecular weight excluding hydrogens is 316 g/mol. The van der Waals surface area contributed by atoms with Crippen molar-refractivity contribution in [3.05, 3.63) is 53.6 Å². The van der Waals surface area contributed by atoms with Crippen LogP contribution in [0.3, 0.4) is 0 Å². The molecule has 6 nitrogen and oxygen atoms in total. The Kier molecular flexibility index (Phi) is 4.28. The molecule has 2 aliphatic rings. The summed E-state index contributed by atoms with van der Waals surface area (Å²) in [6, 6.07) is 7.29. The molecule has 2 atom stereocenters. The van der Waals surface area contributed by atoms with Crippen molar-refractivity contribution >= 4 is 0 Å². The van der Waals surface area contributed by atoms with Crippen molar-refractivity contribution in [2.75, 3.05) is 13.7 Å². The molecule has 1 aliphatic carbocycles. The fourth-order valence-electron chi connectivity index (χ4n) is 3.46. The van der Waals surface area contributed by atoms with Crippen molar-refractivity contribution in [3.63, 3.8) is 0 Å². The molecule has 1 fully saturated rings. The maximum atomic E-state index is 6.34. The number of nitrogens with one attached hydrogen (secondary N) is 1. The lowest BCUT2D eigenvalue weighted by molar-refractivity contribution is 0.337. The van der Waals surface area contributed by atoms with Gasteiger partial charge in [-0.25, -0.2) is 0 Å². The molecular formula is C19H22N4O2. The summed E-state index contributed by atoms with van der Waals surface area (Å²) in [5.74, 6) is 2.23. The van der Waals surface area contributed by atoms with Crippen LogP contribution >= 0.6 is 0 Å². The Morgan fingerprint density at radius 1 is 1.28 bits per heavy atom. The number of hydrogen-bond acceptors (Lipinski definition) is 6. The third kappa shape index (κ3) is 3.17. The van der Waals surface area contributed by atoms with Crippen LogP contribution in [-0.4, -0.2) is 23.8 Å². The molecule has 2 heterocycles. The average molecular weight is 338 g/mol. The number of methoxy groups -OCH3 is 1. The summed E-state index contributed by atoms with van der Waals surface area (Å²) in [5.41, 5.74) is 9.88. The maximum absolute atomic E-state index is 6.34. The SMILES string of the molecule is COc1ccc(-c2noc([C@@H](N)CC3CNC4=CCCC=C43)n2)cc1. The summed E-state index contributed by atoms with van der Waals surface area (Å²) in [4.78, 5) is 4.48. The van der Waals surface area contributed by atoms with Crippen LogP contribution in [0.1, 0.15) is 31.2 Å². The number of hydrogen-bond donors (Lipinski definition) is 2. The molecule has 25 heavy (non-hydrogen) atoms. The Labute approximate surface area is 146 Å². The monoisotopic (exact) mass is 338 g/mol. The van der Waals surface area contributed by atoms with E-state index in [0.717, 1.165) is 37.1 Å². The van der Waals surface area contributed by atoms with Crippen LogP contribution in [0.2, 0.25) is 0 Å². The van der Waals surface area contributed by atoms with Gasteiger partial charge in [0, 0.05) is 23.7 Å². The second kappa shape index (κ2) is 6.72. The number of benzene rings is 1. The fourth-order valence-corrected chi connectivity index (χ4v) is 3.46. The highest BCUT2D eigenvalue weighted by Crippen LogP contribution is 2.34. The minimum atomic E-state index is -0.270. The van der Waals surface area contributed by atoms with E-state index in [1.165, 1.54) is 11.3 Å². The van der Waals surface area contributed by atoms with Crippen molar-refractivity contribution in [2.45, 2.75) is 25.3 Å². The third-order valence-electron chi connectivity index (χ3n) is 4.81. The number of rotatable bonds is 5. The third-order valence-corrected chi connectivity index (χ3v) is 4.81. The minimum Gasteiger partial charge on any atom is -0.497 e. The molecule has 4 rings (SSSR count). The summed E-state index contributed by atoms with van der Waals surface area (Å²) in [6.07, 6.45) is 7.60. The molecule has 1 saturated heterocycles. The van der Waals surface area contributed by atoms with E-state index in [4.69, 9.17) is 15.0 Å². The zero-order valence-electron chi connectivity index (χ0n) is 14.2. The Morgan fingerprint density at radius 3 is 2.88 bits per heavy atom. The van der Waals surface area contributed by atoms with Crippen molar-refractivity contribution in [1.82, 2.24) is 15.5 Å². The zero-order chi connectivity index (χ0) is 17.2. The van der Waals surface area contributed by atoms with Gasteiger partial charge in [0.05, 0.1) is 13.2 Å². The highest BCUT2D eigenvalue weighted by molar-refractivity contribution is 5.55. The molecule has 2 aromatic rings. The summed E-state index contributed by atoms with van der Waals surface area (Å²) < 4.78 is 10.6. The first-order valence-corrected chi connectivity index (χ1v) is 8.62. The van der Waals surface area contributed by atoms with Gasteiger partial charge < -0.3 is 20.3 Å². The highest BCUT2D eigenvalue weighted by atomic mass is 16.5. The first kappa shape index (κ1) is 15.9. The molecule has 0 bridgehead atoms. The molecule has 0 radical (unpaired) electrons. The average Bonchev–Trinajstić information content (AvgIpc) is 3.30. The largest absolute Gasteiger partial charge is 0.497 e. The summed E-state index contributed by atoms with van der Waals surface area (Å²) in [6.45, 7) is 0.921. The molecule has 1 unspecified atom stereocenters. The predicted molar refractivity (Wildman–Crippen MR) is 94.7 cm³/mol. The van der Waals surface area contributed by atoms with Crippen molar-refractivity contribution in [3.8, 4) is 17.1 Å². The Morgan fingerprint density at radius 2 is 2.08 bits per heavy atom. The van der Waals surface area contributed by atoms with Gasteiger partial charge in [-0.05, 0) is 49.1 Å². The van der Waals surface area contributed by atoms with Gasteiger partial charge in [0.15, 0.2) is 0 Å². The second-order valence-corrected chi connectivity index (χ2v) is 6.46. The summed E-state index contributed by atoms with van der Waals surface area (Å²) in [5, 5.41) is 7.54. The number of nitrogens with zero attached hydrogens (tertiary/aromatic N) is 2. The van der Waals surface area contributed by atoms with Crippen LogP contribution in [-0.2, 0) is 0 Å². The van der Waals surface area contributed by atoms with E-state index in [9.17, 15) is 0 Å². The molecule has 1 aliphatic heterocycles. The number of aromatic nitrogens is 2. The van der Waals surface area contributed by atoms with Gasteiger partial charge in [0.25, 0.3) is 0 Å². The maximum Gasteiger partial charge on any atom is 0.243 e. The summed E-state index contributed by atoms with van der Waals surface area (Å²) in [7, 11) is 1.64. The van der Waals surface area contributed by atoms with Crippen molar-refractivity contribution in [2.24, 2.45) is 11.7 Å². The molecule has 0 spiro atoms. The molecule has 0 amide bonds. The molecule has 130 valence electrons. The van der Waals surface area contributed by atoms with E-state index in [0.29, 0.717) is 17.6 Å². The van der Waals surface area contributed by atoms with E-state index in [1.54, 1.807) is 7.11 Å². The van der Waals surface area contributed by atoms with Gasteiger partial charge in [0.1, 0.15) is 5.75 Å². The van der Waals surface area contributed by atoms with Crippen molar-refractivity contribution in [1.29, 1.82) is 0 Å². The number of ether oxygens (including phenoxy) is 1. The van der Waals surface area contributed by atoms with Crippen LogP contribution in [0.5, 0.6) is 5.75 Å². The first-order chi connectivity index (χ1) is 12.2. The van der Waals surface area contributed by atoms with Gasteiger partial charge in [-0.2, -0.15) is 4.98 Å². The van der Waals surface area contributed by atoms with Crippen LogP contribution in [0, 0.1) is 5.92 Å². The Hall–Kier alpha value is -2.60. The lowest BCUT2D eigenvalue weighted by Crippen LogP contribution is -2.18. The quantitative estimate of drug-likeness (QED) is 0.872. The van der Waals surface area contributed by atoms with Crippen molar-refractivity contribution < 1.29 is 9.26 Å². The van der Waals surface area contributed by atoms with Gasteiger partial charge in [-0.15, -0.1) is 0 Å². The minimum absolute atomic E-state index is 0.270. The Balaban J connectivity index is 1.46. The Bertz CT molecular complexity index is 807. The lowest BCUT2D eigenvalue weighted by atomic mass is 9.90. The first-order valence-electron chi connectivity index (χ1n) is 8.62. The smallest absolute Gasteiger partial charge is 0.243 e.